The summed E-state index contributed by atoms with van der Waals surface area (Å²) in [7, 11) is 0. The zero-order valence-electron chi connectivity index (χ0n) is 18.3. The minimum absolute atomic E-state index is 0.00498. The predicted molar refractivity (Wildman–Crippen MR) is 133 cm³/mol. The van der Waals surface area contributed by atoms with Crippen LogP contribution in [0.1, 0.15) is 36.3 Å². The zero-order chi connectivity index (χ0) is 23.8. The van der Waals surface area contributed by atoms with Gasteiger partial charge in [-0.15, -0.1) is 0 Å². The van der Waals surface area contributed by atoms with Crippen LogP contribution in [0.2, 0.25) is 5.02 Å². The number of aliphatic hydroxyl groups is 1. The van der Waals surface area contributed by atoms with Crippen molar-refractivity contribution in [3.05, 3.63) is 118 Å². The lowest BCUT2D eigenvalue weighted by molar-refractivity contribution is -0.116. The van der Waals surface area contributed by atoms with E-state index >= 15 is 4.39 Å². The Morgan fingerprint density at radius 2 is 1.65 bits per heavy atom. The summed E-state index contributed by atoms with van der Waals surface area (Å²) in [5.41, 5.74) is 2.71. The number of hydrogen-bond acceptors (Lipinski definition) is 3. The Labute approximate surface area is 202 Å². The number of rotatable bonds is 3. The third-order valence-corrected chi connectivity index (χ3v) is 6.61. The molecular weight excluding hydrogens is 451 g/mol. The molecule has 0 aromatic heterocycles. The smallest absolute Gasteiger partial charge is 0.161 e. The fraction of sp³-hybridized carbons (Fsp3) is 0.143. The summed E-state index contributed by atoms with van der Waals surface area (Å²) in [6.07, 6.45) is 1.55. The number of carbonyl (C=O) groups excluding carboxylic acids is 1. The van der Waals surface area contributed by atoms with Crippen LogP contribution in [0.25, 0.3) is 5.76 Å². The van der Waals surface area contributed by atoms with E-state index in [0.717, 1.165) is 0 Å². The Morgan fingerprint density at radius 3 is 2.35 bits per heavy atom. The van der Waals surface area contributed by atoms with Crippen LogP contribution in [0.5, 0.6) is 0 Å². The number of carbonyl (C=O) groups is 1. The third-order valence-electron chi connectivity index (χ3n) is 6.36. The highest BCUT2D eigenvalue weighted by Crippen LogP contribution is 2.48. The van der Waals surface area contributed by atoms with E-state index in [-0.39, 0.29) is 28.5 Å². The number of Topliss-reactive ketones (excluding diaryl/α,β-unsaturated/α-hetero) is 1. The molecule has 6 heteroatoms. The van der Waals surface area contributed by atoms with Crippen LogP contribution in [0, 0.1) is 11.2 Å². The second kappa shape index (κ2) is 8.92. The van der Waals surface area contributed by atoms with Gasteiger partial charge in [0.25, 0.3) is 0 Å². The van der Waals surface area contributed by atoms with E-state index in [1.807, 2.05) is 6.07 Å². The molecule has 2 N–H and O–H groups in total. The first-order valence-electron chi connectivity index (χ1n) is 11.1. The van der Waals surface area contributed by atoms with Crippen LogP contribution in [0.4, 0.5) is 10.1 Å². The van der Waals surface area contributed by atoms with Crippen molar-refractivity contribution in [1.29, 1.82) is 5.41 Å². The standard InChI is InChI=1S/C28H22ClFN2O2/c29-18-13-15-19(16-14-18)32-22-11-6-12-23(33)25(22)24(20-9-4-5-10-21(20)30)26(28(32)31)27(34)17-7-2-1-3-8-17/h1-5,7-10,13-16,24,31,34H,6,11-12H2/b27-26+,31-28?. The monoisotopic (exact) mass is 472 g/mol. The van der Waals surface area contributed by atoms with Crippen LogP contribution in [-0.2, 0) is 4.79 Å². The number of hydrogen-bond donors (Lipinski definition) is 2. The largest absolute Gasteiger partial charge is 0.507 e. The van der Waals surface area contributed by atoms with E-state index in [1.165, 1.54) is 6.07 Å². The molecule has 0 spiro atoms. The van der Waals surface area contributed by atoms with Crippen LogP contribution >= 0.6 is 11.6 Å². The number of ketones is 1. The number of nitrogens with zero attached hydrogens (tertiary/aromatic N) is 1. The molecule has 5 rings (SSSR count). The third kappa shape index (κ3) is 3.72. The number of nitrogens with one attached hydrogen (secondary N) is 1. The highest BCUT2D eigenvalue weighted by molar-refractivity contribution is 6.30. The molecule has 0 saturated heterocycles. The molecule has 1 heterocycles. The number of benzene rings is 3. The average Bonchev–Trinajstić information content (AvgIpc) is 2.85. The Bertz CT molecular complexity index is 1350. The highest BCUT2D eigenvalue weighted by Gasteiger charge is 2.44. The van der Waals surface area contributed by atoms with Crippen LogP contribution < -0.4 is 4.90 Å². The molecule has 1 aliphatic heterocycles. The van der Waals surface area contributed by atoms with E-state index < -0.39 is 11.7 Å². The first-order chi connectivity index (χ1) is 16.5. The quantitative estimate of drug-likeness (QED) is 0.402. The van der Waals surface area contributed by atoms with Gasteiger partial charge in [-0.25, -0.2) is 4.39 Å². The maximum atomic E-state index is 15.2. The van der Waals surface area contributed by atoms with E-state index in [1.54, 1.807) is 71.6 Å². The maximum absolute atomic E-state index is 15.2. The van der Waals surface area contributed by atoms with Gasteiger partial charge in [0.2, 0.25) is 0 Å². The van der Waals surface area contributed by atoms with Gasteiger partial charge in [-0.3, -0.25) is 15.1 Å². The molecule has 0 radical (unpaired) electrons. The molecule has 0 saturated carbocycles. The van der Waals surface area contributed by atoms with Gasteiger partial charge in [-0.05, 0) is 43.2 Å². The highest BCUT2D eigenvalue weighted by atomic mass is 35.5. The molecule has 3 aromatic rings. The predicted octanol–water partition coefficient (Wildman–Crippen LogP) is 7.04. The van der Waals surface area contributed by atoms with Crippen molar-refractivity contribution in [2.45, 2.75) is 25.2 Å². The molecule has 2 aliphatic rings. The first-order valence-corrected chi connectivity index (χ1v) is 11.5. The molecule has 0 fully saturated rings. The summed E-state index contributed by atoms with van der Waals surface area (Å²) < 4.78 is 15.2. The molecule has 1 aliphatic carbocycles. The summed E-state index contributed by atoms with van der Waals surface area (Å²) in [6, 6.07) is 22.1. The van der Waals surface area contributed by atoms with Crippen LogP contribution in [-0.4, -0.2) is 16.7 Å². The average molecular weight is 473 g/mol. The molecule has 34 heavy (non-hydrogen) atoms. The van der Waals surface area contributed by atoms with Crippen molar-refractivity contribution in [3.8, 4) is 0 Å². The summed E-state index contributed by atoms with van der Waals surface area (Å²) in [5, 5.41) is 21.2. The second-order valence-electron chi connectivity index (χ2n) is 8.38. The SMILES string of the molecule is N=C1/C(=C(/O)c2ccccc2)C(c2ccccc2F)C2=C(CCCC2=O)N1c1ccc(Cl)cc1. The first kappa shape index (κ1) is 22.1. The van der Waals surface area contributed by atoms with Gasteiger partial charge in [0, 0.05) is 51.0 Å². The zero-order valence-corrected chi connectivity index (χ0v) is 19.0. The lowest BCUT2D eigenvalue weighted by Crippen LogP contribution is -2.42. The van der Waals surface area contributed by atoms with Crippen molar-refractivity contribution in [2.75, 3.05) is 4.90 Å². The summed E-state index contributed by atoms with van der Waals surface area (Å²) in [6.45, 7) is 0. The molecule has 1 atom stereocenters. The van der Waals surface area contributed by atoms with Crippen molar-refractivity contribution in [2.24, 2.45) is 0 Å². The number of aliphatic hydroxyl groups excluding tert-OH is 1. The van der Waals surface area contributed by atoms with Gasteiger partial charge in [0.1, 0.15) is 17.4 Å². The number of amidine groups is 1. The minimum atomic E-state index is -0.889. The normalized spacial score (nSPS) is 19.8. The Morgan fingerprint density at radius 1 is 0.971 bits per heavy atom. The van der Waals surface area contributed by atoms with Crippen LogP contribution in [0.3, 0.4) is 0 Å². The van der Waals surface area contributed by atoms with Gasteiger partial charge in [-0.1, -0.05) is 60.1 Å². The van der Waals surface area contributed by atoms with Gasteiger partial charge in [0.05, 0.1) is 0 Å². The van der Waals surface area contributed by atoms with Crippen molar-refractivity contribution in [3.63, 3.8) is 0 Å². The number of halogens is 2. The molecule has 170 valence electrons. The van der Waals surface area contributed by atoms with Crippen molar-refractivity contribution in [1.82, 2.24) is 0 Å². The molecule has 1 unspecified atom stereocenters. The van der Waals surface area contributed by atoms with Crippen molar-refractivity contribution >= 4 is 34.7 Å². The lowest BCUT2D eigenvalue weighted by atomic mass is 9.73. The Balaban J connectivity index is 1.84. The molecule has 0 bridgehead atoms. The van der Waals surface area contributed by atoms with E-state index in [2.05, 4.69) is 0 Å². The van der Waals surface area contributed by atoms with Gasteiger partial charge in [0.15, 0.2) is 5.78 Å². The number of allylic oxidation sites excluding steroid dienone is 2. The molecular formula is C28H22ClFN2O2. The lowest BCUT2D eigenvalue weighted by Gasteiger charge is -2.41. The fourth-order valence-electron chi connectivity index (χ4n) is 4.84. The molecule has 4 nitrogen and oxygen atoms in total. The van der Waals surface area contributed by atoms with E-state index in [4.69, 9.17) is 11.6 Å². The summed E-state index contributed by atoms with van der Waals surface area (Å²) in [4.78, 5) is 15.1. The Hall–Kier alpha value is -3.70. The molecule has 3 aromatic carbocycles. The number of anilines is 1. The summed E-state index contributed by atoms with van der Waals surface area (Å²) >= 11 is 6.10. The maximum Gasteiger partial charge on any atom is 0.161 e. The summed E-state index contributed by atoms with van der Waals surface area (Å²) in [5.74, 6) is -1.61. The van der Waals surface area contributed by atoms with Gasteiger partial charge < -0.3 is 5.11 Å². The van der Waals surface area contributed by atoms with Gasteiger partial charge in [-0.2, -0.15) is 0 Å². The van der Waals surface area contributed by atoms with Crippen LogP contribution in [0.15, 0.2) is 95.7 Å². The van der Waals surface area contributed by atoms with E-state index in [9.17, 15) is 15.3 Å². The fourth-order valence-corrected chi connectivity index (χ4v) is 4.96. The second-order valence-corrected chi connectivity index (χ2v) is 8.82. The van der Waals surface area contributed by atoms with E-state index in [0.29, 0.717) is 46.8 Å². The Kier molecular flexibility index (Phi) is 5.80. The molecule has 0 amide bonds. The minimum Gasteiger partial charge on any atom is -0.507 e. The van der Waals surface area contributed by atoms with Crippen molar-refractivity contribution < 1.29 is 14.3 Å². The van der Waals surface area contributed by atoms with Gasteiger partial charge >= 0.3 is 0 Å². The topological polar surface area (TPSA) is 64.4 Å².